The Morgan fingerprint density at radius 3 is 0.411 bits per heavy atom. The predicted molar refractivity (Wildman–Crippen MR) is 373 cm³/mol. The Morgan fingerprint density at radius 1 is 0.179 bits per heavy atom. The van der Waals surface area contributed by atoms with E-state index in [4.69, 9.17) is 56.8 Å². The number of hydrogen-bond acceptors (Lipinski definition) is 24. The quantitative estimate of drug-likeness (QED) is 0.0201. The van der Waals surface area contributed by atoms with Gasteiger partial charge in [-0.3, -0.25) is 0 Å². The highest BCUT2D eigenvalue weighted by molar-refractivity contribution is 5.77. The fourth-order valence-electron chi connectivity index (χ4n) is 12.0. The third-order valence-electron chi connectivity index (χ3n) is 16.2. The van der Waals surface area contributed by atoms with E-state index in [0.717, 1.165) is 24.3 Å². The molecule has 0 spiro atoms. The molecule has 9 rings (SSSR count). The molecule has 0 radical (unpaired) electrons. The first-order chi connectivity index (χ1) is 53.4. The van der Waals surface area contributed by atoms with Crippen LogP contribution < -0.4 is 56.8 Å². The Kier molecular flexibility index (Phi) is 26.8. The largest absolute Gasteiger partial charge is 0.482 e. The molecule has 584 valence electrons. The minimum absolute atomic E-state index is 0.00929. The summed E-state index contributed by atoms with van der Waals surface area (Å²) < 4.78 is 71.6. The van der Waals surface area contributed by atoms with Gasteiger partial charge in [0.25, 0.3) is 0 Å². The number of ether oxygens (including phenoxy) is 12. The van der Waals surface area contributed by atoms with Gasteiger partial charge in [0, 0.05) is 92.4 Å². The van der Waals surface area contributed by atoms with E-state index in [0.29, 0.717) is 0 Å². The molecule has 0 heterocycles. The lowest BCUT2D eigenvalue weighted by atomic mass is 9.75. The zero-order valence-electron chi connectivity index (χ0n) is 57.8. The molecule has 1 aliphatic carbocycles. The lowest BCUT2D eigenvalue weighted by Gasteiger charge is -2.32. The van der Waals surface area contributed by atoms with Gasteiger partial charge in [-0.1, -0.05) is 48.5 Å². The maximum Gasteiger partial charge on any atom is 0.341 e. The van der Waals surface area contributed by atoms with Crippen LogP contribution in [-0.2, 0) is 57.5 Å². The highest BCUT2D eigenvalue weighted by atomic mass is 16.6. The molecule has 36 heteroatoms. The lowest BCUT2D eigenvalue weighted by Crippen LogP contribution is -2.20. The first kappa shape index (κ1) is 81.1. The molecule has 8 aromatic carbocycles. The highest BCUT2D eigenvalue weighted by Crippen LogP contribution is 2.55. The number of rotatable bonds is 40. The summed E-state index contributed by atoms with van der Waals surface area (Å²) in [6.45, 7) is -13.5. The van der Waals surface area contributed by atoms with Crippen LogP contribution in [-0.4, -0.2) is 212 Å². The van der Waals surface area contributed by atoms with Gasteiger partial charge in [0.2, 0.25) is 0 Å². The number of benzene rings is 8. The third-order valence-corrected chi connectivity index (χ3v) is 16.2. The van der Waals surface area contributed by atoms with Crippen LogP contribution in [0.15, 0.2) is 146 Å². The average molecular weight is 1550 g/mol. The second-order valence-electron chi connectivity index (χ2n) is 23.9. The average Bonchev–Trinajstić information content (AvgIpc) is 0.732. The van der Waals surface area contributed by atoms with E-state index < -0.39 is 221 Å². The zero-order valence-corrected chi connectivity index (χ0v) is 57.8. The van der Waals surface area contributed by atoms with Gasteiger partial charge in [0.1, 0.15) is 69.0 Å². The minimum atomic E-state index is -1.74. The molecule has 112 heavy (non-hydrogen) atoms. The maximum absolute atomic E-state index is 12.9. The summed E-state index contributed by atoms with van der Waals surface area (Å²) in [4.78, 5) is 151. The summed E-state index contributed by atoms with van der Waals surface area (Å²) >= 11 is 0. The van der Waals surface area contributed by atoms with Gasteiger partial charge < -0.3 is 118 Å². The summed E-state index contributed by atoms with van der Waals surface area (Å²) in [7, 11) is 0. The van der Waals surface area contributed by atoms with Crippen molar-refractivity contribution in [2.75, 3.05) is 79.3 Å². The molecule has 8 aromatic rings. The number of carboxylic acids is 12. The van der Waals surface area contributed by atoms with E-state index in [1.54, 1.807) is 0 Å². The van der Waals surface area contributed by atoms with Crippen LogP contribution >= 0.6 is 0 Å². The first-order valence-corrected chi connectivity index (χ1v) is 32.7. The van der Waals surface area contributed by atoms with Crippen molar-refractivity contribution in [3.05, 3.63) is 212 Å². The number of carboxylic acid groups (broad SMARTS) is 12. The summed E-state index contributed by atoms with van der Waals surface area (Å²) in [5, 5.41) is 123. The molecule has 0 amide bonds. The van der Waals surface area contributed by atoms with E-state index in [-0.39, 0.29) is 89.8 Å². The molecule has 0 aliphatic heterocycles. The van der Waals surface area contributed by atoms with E-state index in [1.165, 1.54) is 121 Å². The second kappa shape index (κ2) is 37.0. The predicted octanol–water partition coefficient (Wildman–Crippen LogP) is 6.28. The van der Waals surface area contributed by atoms with Gasteiger partial charge in [-0.15, -0.1) is 0 Å². The Hall–Kier alpha value is -15.0. The molecular weight excluding hydrogens is 1490 g/mol. The molecule has 0 aromatic heterocycles. The van der Waals surface area contributed by atoms with Crippen molar-refractivity contribution in [1.82, 2.24) is 0 Å². The summed E-state index contributed by atoms with van der Waals surface area (Å²) in [5.41, 5.74) is -2.05. The van der Waals surface area contributed by atoms with Crippen LogP contribution in [0.3, 0.4) is 0 Å². The van der Waals surface area contributed by atoms with E-state index >= 15 is 0 Å². The van der Waals surface area contributed by atoms with Gasteiger partial charge in [-0.2, -0.15) is 0 Å². The Bertz CT molecular complexity index is 4120. The summed E-state index contributed by atoms with van der Waals surface area (Å²) in [5.74, 6) is -30.3. The van der Waals surface area contributed by atoms with E-state index in [9.17, 15) is 119 Å². The van der Waals surface area contributed by atoms with Crippen molar-refractivity contribution in [1.29, 1.82) is 0 Å². The Morgan fingerprint density at radius 2 is 0.295 bits per heavy atom. The fraction of sp³-hybridized carbons (Fsp3) is 0.211. The Balaban J connectivity index is 1.66. The smallest absolute Gasteiger partial charge is 0.341 e. The van der Waals surface area contributed by atoms with Gasteiger partial charge in [-0.05, 0) is 95.1 Å². The molecule has 0 fully saturated rings. The number of hydrogen-bond donors (Lipinski definition) is 12. The van der Waals surface area contributed by atoms with Gasteiger partial charge in [0.15, 0.2) is 79.3 Å². The molecule has 0 saturated heterocycles. The van der Waals surface area contributed by atoms with Crippen molar-refractivity contribution in [2.24, 2.45) is 0 Å². The standard InChI is InChI=1S/C76H64O36/c77-61(78)25-101-41-9-1-37(2-10-41)73-45-17-47(55(107-31-67(89)90)21-53(45)105-29-65(85)86)74(38-3-11-42(12-4-38)102-26-62(79)80)49-19-51(59(111-35-71(97)98)23-57(49)109-33-69(93)94)76(40-7-15-44(16-8-40)104-28-64(83)84)52-20-50(58(110-34-70(95)96)24-60(52)112-36-72(99)100)75(39-5-13-43(14-6-39)103-27-63(81)82)48-18-46(73)54(106-30-66(87)88)22-56(48)108-32-68(91)92/h1-24,73-76H,25-36H2,(H,77,78)(H,79,80)(H,81,82)(H,83,84)(H,85,86)(H,87,88)(H,89,90)(H,91,92)(H,93,94)(H,95,96)(H,97,98)(H,99,100). The van der Waals surface area contributed by atoms with E-state index in [1.807, 2.05) is 0 Å². The van der Waals surface area contributed by atoms with E-state index in [2.05, 4.69) is 0 Å². The van der Waals surface area contributed by atoms with Crippen LogP contribution in [0.2, 0.25) is 0 Å². The van der Waals surface area contributed by atoms with Crippen molar-refractivity contribution in [3.63, 3.8) is 0 Å². The molecule has 8 bridgehead atoms. The Labute approximate surface area is 629 Å². The maximum atomic E-state index is 12.9. The topological polar surface area (TPSA) is 558 Å². The van der Waals surface area contributed by atoms with Crippen molar-refractivity contribution in [3.8, 4) is 69.0 Å². The fourth-order valence-corrected chi connectivity index (χ4v) is 12.0. The molecule has 0 atom stereocenters. The molecule has 12 N–H and O–H groups in total. The second-order valence-corrected chi connectivity index (χ2v) is 23.9. The molecular formula is C76H64O36. The van der Waals surface area contributed by atoms with Crippen molar-refractivity contribution in [2.45, 2.75) is 23.7 Å². The van der Waals surface area contributed by atoms with Crippen LogP contribution in [0.5, 0.6) is 69.0 Å². The van der Waals surface area contributed by atoms with Crippen molar-refractivity contribution >= 4 is 71.6 Å². The van der Waals surface area contributed by atoms with Crippen LogP contribution in [0.1, 0.15) is 90.4 Å². The molecule has 36 nitrogen and oxygen atoms in total. The van der Waals surface area contributed by atoms with Crippen molar-refractivity contribution < 1.29 is 176 Å². The molecule has 1 aliphatic rings. The summed E-state index contributed by atoms with van der Waals surface area (Å²) in [6.07, 6.45) is 0. The summed E-state index contributed by atoms with van der Waals surface area (Å²) in [6, 6.07) is 30.1. The van der Waals surface area contributed by atoms with Crippen LogP contribution in [0, 0.1) is 0 Å². The third kappa shape index (κ3) is 21.6. The molecule has 0 saturated carbocycles. The monoisotopic (exact) mass is 1550 g/mol. The SMILES string of the molecule is O=C(O)COc1ccc(C2c3cc(c(OCC(=O)O)cc3OCC(=O)O)C(c3ccc(OCC(=O)O)cc3)c3cc(c(OCC(=O)O)cc3OCC(=O)O)C(c3ccc(OCC(=O)O)cc3)c3cc(c(OCC(=O)O)cc3OCC(=O)O)C(c3ccc(OCC(=O)O)cc3)c3cc2c(OCC(=O)O)cc3OCC(=O)O)cc1. The van der Waals surface area contributed by atoms with Gasteiger partial charge in [0.05, 0.1) is 0 Å². The normalized spacial score (nSPS) is 13.9. The highest BCUT2D eigenvalue weighted by Gasteiger charge is 2.39. The van der Waals surface area contributed by atoms with Crippen LogP contribution in [0.4, 0.5) is 0 Å². The zero-order chi connectivity index (χ0) is 81.0. The van der Waals surface area contributed by atoms with Gasteiger partial charge in [-0.25, -0.2) is 57.5 Å². The number of carbonyl (C=O) groups is 12. The number of fused-ring (bicyclic) bond motifs is 8. The van der Waals surface area contributed by atoms with Gasteiger partial charge >= 0.3 is 71.6 Å². The lowest BCUT2D eigenvalue weighted by molar-refractivity contribution is -0.140. The number of aliphatic carboxylic acids is 12. The molecule has 0 unspecified atom stereocenters. The minimum Gasteiger partial charge on any atom is -0.482 e. The van der Waals surface area contributed by atoms with Crippen LogP contribution in [0.25, 0.3) is 0 Å². The first-order valence-electron chi connectivity index (χ1n) is 32.7.